The smallest absolute Gasteiger partial charge is 0.268 e. The molecule has 1 heterocycles. The minimum Gasteiger partial charge on any atom is -0.396 e. The Morgan fingerprint density at radius 2 is 1.70 bits per heavy atom. The number of halogens is 1. The van der Waals surface area contributed by atoms with Crippen LogP contribution in [0.4, 0.5) is 4.39 Å². The van der Waals surface area contributed by atoms with Crippen LogP contribution >= 0.6 is 11.8 Å². The lowest BCUT2D eigenvalue weighted by atomic mass is 10.0. The maximum Gasteiger partial charge on any atom is 0.268 e. The van der Waals surface area contributed by atoms with Gasteiger partial charge in [0.25, 0.3) is 11.8 Å². The molecular formula is C21H20FNO3S. The number of aryl methyl sites for hydroxylation is 2. The monoisotopic (exact) mass is 385 g/mol. The van der Waals surface area contributed by atoms with Gasteiger partial charge < -0.3 is 5.11 Å². The first-order valence-electron chi connectivity index (χ1n) is 8.58. The quantitative estimate of drug-likeness (QED) is 0.774. The second kappa shape index (κ2) is 8.06. The van der Waals surface area contributed by atoms with Gasteiger partial charge in [-0.2, -0.15) is 0 Å². The maximum absolute atomic E-state index is 13.1. The number of nitrogens with zero attached hydrogens (tertiary/aromatic N) is 1. The van der Waals surface area contributed by atoms with Crippen molar-refractivity contribution in [1.29, 1.82) is 0 Å². The number of thioether (sulfide) groups is 1. The summed E-state index contributed by atoms with van der Waals surface area (Å²) in [4.78, 5) is 27.5. The average molecular weight is 385 g/mol. The molecule has 0 aromatic heterocycles. The van der Waals surface area contributed by atoms with Crippen LogP contribution in [0.3, 0.4) is 0 Å². The summed E-state index contributed by atoms with van der Waals surface area (Å²) in [5, 5.41) is 9.15. The van der Waals surface area contributed by atoms with Crippen molar-refractivity contribution in [1.82, 2.24) is 4.90 Å². The number of aliphatic hydroxyl groups is 1. The lowest BCUT2D eigenvalue weighted by Crippen LogP contribution is -2.31. The van der Waals surface area contributed by atoms with Gasteiger partial charge in [-0.3, -0.25) is 14.5 Å². The van der Waals surface area contributed by atoms with Gasteiger partial charge in [0.1, 0.15) is 5.82 Å². The Morgan fingerprint density at radius 3 is 2.33 bits per heavy atom. The van der Waals surface area contributed by atoms with E-state index in [9.17, 15) is 14.0 Å². The molecule has 2 aromatic rings. The molecule has 0 saturated carbocycles. The number of carbonyl (C=O) groups is 2. The Kier molecular flexibility index (Phi) is 5.77. The predicted molar refractivity (Wildman–Crippen MR) is 104 cm³/mol. The van der Waals surface area contributed by atoms with Gasteiger partial charge in [-0.05, 0) is 48.2 Å². The van der Waals surface area contributed by atoms with E-state index in [4.69, 9.17) is 5.11 Å². The molecule has 0 atom stereocenters. The summed E-state index contributed by atoms with van der Waals surface area (Å²) in [6, 6.07) is 11.4. The van der Waals surface area contributed by atoms with E-state index in [1.54, 1.807) is 12.1 Å². The molecule has 1 N–H and O–H groups in total. The Hall–Kier alpha value is -2.44. The molecule has 140 valence electrons. The molecule has 0 radical (unpaired) electrons. The predicted octanol–water partition coefficient (Wildman–Crippen LogP) is 3.45. The molecule has 3 rings (SSSR count). The molecular weight excluding hydrogens is 365 g/mol. The minimum absolute atomic E-state index is 0.0788. The molecule has 1 aliphatic rings. The summed E-state index contributed by atoms with van der Waals surface area (Å²) in [6.07, 6.45) is 0. The van der Waals surface area contributed by atoms with Crippen molar-refractivity contribution in [3.8, 4) is 0 Å². The molecule has 6 heteroatoms. The fourth-order valence-electron chi connectivity index (χ4n) is 2.90. The summed E-state index contributed by atoms with van der Waals surface area (Å²) in [5.41, 5.74) is 3.86. The fraction of sp³-hybridized carbons (Fsp3) is 0.238. The highest BCUT2D eigenvalue weighted by atomic mass is 32.2. The van der Waals surface area contributed by atoms with Gasteiger partial charge in [0, 0.05) is 5.75 Å². The van der Waals surface area contributed by atoms with Gasteiger partial charge in [0.2, 0.25) is 0 Å². The Balaban J connectivity index is 1.97. The van der Waals surface area contributed by atoms with Gasteiger partial charge >= 0.3 is 0 Å². The fourth-order valence-corrected chi connectivity index (χ4v) is 3.78. The van der Waals surface area contributed by atoms with Gasteiger partial charge in [0.05, 0.1) is 23.6 Å². The van der Waals surface area contributed by atoms with Crippen molar-refractivity contribution in [2.24, 2.45) is 0 Å². The minimum atomic E-state index is -0.379. The van der Waals surface area contributed by atoms with Crippen LogP contribution in [0.5, 0.6) is 0 Å². The Labute approximate surface area is 161 Å². The molecule has 0 bridgehead atoms. The number of imide groups is 1. The number of rotatable bonds is 6. The van der Waals surface area contributed by atoms with Crippen LogP contribution in [0.15, 0.2) is 47.4 Å². The van der Waals surface area contributed by atoms with Crippen LogP contribution in [0.1, 0.15) is 22.3 Å². The first kappa shape index (κ1) is 19.3. The largest absolute Gasteiger partial charge is 0.396 e. The van der Waals surface area contributed by atoms with Gasteiger partial charge in [-0.15, -0.1) is 11.8 Å². The van der Waals surface area contributed by atoms with E-state index in [1.165, 1.54) is 28.8 Å². The van der Waals surface area contributed by atoms with Crippen LogP contribution in [-0.2, 0) is 16.1 Å². The van der Waals surface area contributed by atoms with Gasteiger partial charge in [-0.25, -0.2) is 4.39 Å². The number of amides is 2. The molecule has 1 aliphatic heterocycles. The molecule has 0 aliphatic carbocycles. The van der Waals surface area contributed by atoms with Crippen molar-refractivity contribution in [3.63, 3.8) is 0 Å². The summed E-state index contributed by atoms with van der Waals surface area (Å²) in [6.45, 7) is 3.93. The SMILES string of the molecule is Cc1ccc(C2=C(SCCO)C(=O)N(Cc3ccc(F)cc3)C2=O)cc1C. The first-order valence-corrected chi connectivity index (χ1v) is 9.57. The summed E-state index contributed by atoms with van der Waals surface area (Å²) in [5.74, 6) is -0.789. The number of carbonyl (C=O) groups excluding carboxylic acids is 2. The number of aliphatic hydroxyl groups excluding tert-OH is 1. The zero-order chi connectivity index (χ0) is 19.6. The second-order valence-corrected chi connectivity index (χ2v) is 7.50. The summed E-state index contributed by atoms with van der Waals surface area (Å²) < 4.78 is 13.1. The van der Waals surface area contributed by atoms with Crippen molar-refractivity contribution in [2.75, 3.05) is 12.4 Å². The van der Waals surface area contributed by atoms with Crippen LogP contribution in [0, 0.1) is 19.7 Å². The standard InChI is InChI=1S/C21H20FNO3S/c1-13-3-6-16(11-14(13)2)18-19(27-10-9-24)21(26)23(20(18)25)12-15-4-7-17(22)8-5-15/h3-8,11,24H,9-10,12H2,1-2H3. The third-order valence-electron chi connectivity index (χ3n) is 4.51. The first-order chi connectivity index (χ1) is 12.9. The molecule has 27 heavy (non-hydrogen) atoms. The third-order valence-corrected chi connectivity index (χ3v) is 5.57. The highest BCUT2D eigenvalue weighted by Crippen LogP contribution is 2.37. The Morgan fingerprint density at radius 1 is 1.00 bits per heavy atom. The van der Waals surface area contributed by atoms with E-state index in [0.717, 1.165) is 11.1 Å². The van der Waals surface area contributed by atoms with E-state index in [2.05, 4.69) is 0 Å². The van der Waals surface area contributed by atoms with Crippen molar-refractivity contribution >= 4 is 29.1 Å². The van der Waals surface area contributed by atoms with E-state index in [0.29, 0.717) is 27.4 Å². The molecule has 0 spiro atoms. The third kappa shape index (κ3) is 3.96. The number of hydrogen-bond acceptors (Lipinski definition) is 4. The van der Waals surface area contributed by atoms with E-state index in [-0.39, 0.29) is 30.8 Å². The topological polar surface area (TPSA) is 57.6 Å². The molecule has 2 aromatic carbocycles. The summed E-state index contributed by atoms with van der Waals surface area (Å²) in [7, 11) is 0. The van der Waals surface area contributed by atoms with Gasteiger partial charge in [-0.1, -0.05) is 30.3 Å². The van der Waals surface area contributed by atoms with E-state index >= 15 is 0 Å². The van der Waals surface area contributed by atoms with Crippen molar-refractivity contribution in [3.05, 3.63) is 75.4 Å². The molecule has 4 nitrogen and oxygen atoms in total. The second-order valence-electron chi connectivity index (χ2n) is 6.40. The molecule has 2 amide bonds. The lowest BCUT2D eigenvalue weighted by Gasteiger charge is -2.15. The highest BCUT2D eigenvalue weighted by molar-refractivity contribution is 8.04. The Bertz CT molecular complexity index is 922. The maximum atomic E-state index is 13.1. The number of hydrogen-bond donors (Lipinski definition) is 1. The van der Waals surface area contributed by atoms with Crippen molar-refractivity contribution in [2.45, 2.75) is 20.4 Å². The number of benzene rings is 2. The van der Waals surface area contributed by atoms with Crippen molar-refractivity contribution < 1.29 is 19.1 Å². The molecule has 0 fully saturated rings. The highest BCUT2D eigenvalue weighted by Gasteiger charge is 2.39. The van der Waals surface area contributed by atoms with Crippen LogP contribution in [-0.4, -0.2) is 34.2 Å². The molecule has 0 unspecified atom stereocenters. The normalized spacial score (nSPS) is 14.4. The molecule has 0 saturated heterocycles. The average Bonchev–Trinajstić information content (AvgIpc) is 2.88. The van der Waals surface area contributed by atoms with E-state index < -0.39 is 0 Å². The van der Waals surface area contributed by atoms with Crippen LogP contribution in [0.2, 0.25) is 0 Å². The zero-order valence-corrected chi connectivity index (χ0v) is 16.0. The summed E-state index contributed by atoms with van der Waals surface area (Å²) >= 11 is 1.18. The lowest BCUT2D eigenvalue weighted by molar-refractivity contribution is -0.137. The van der Waals surface area contributed by atoms with Crippen LogP contribution < -0.4 is 0 Å². The van der Waals surface area contributed by atoms with Gasteiger partial charge in [0.15, 0.2) is 0 Å². The van der Waals surface area contributed by atoms with E-state index in [1.807, 2.05) is 32.0 Å². The zero-order valence-electron chi connectivity index (χ0n) is 15.2. The van der Waals surface area contributed by atoms with Crippen LogP contribution in [0.25, 0.3) is 5.57 Å².